The summed E-state index contributed by atoms with van der Waals surface area (Å²) in [6, 6.07) is 18.2. The van der Waals surface area contributed by atoms with E-state index in [9.17, 15) is 48.6 Å². The van der Waals surface area contributed by atoms with Gasteiger partial charge in [0.2, 0.25) is 11.8 Å². The van der Waals surface area contributed by atoms with Crippen molar-refractivity contribution in [2.75, 3.05) is 137 Å². The molecule has 5 rings (SSSR count). The average Bonchev–Trinajstić information content (AvgIpc) is 2.61. The summed E-state index contributed by atoms with van der Waals surface area (Å²) in [6.07, 6.45) is 2.90. The Hall–Kier alpha value is -7.27. The third kappa shape index (κ3) is 27.8. The zero-order valence-corrected chi connectivity index (χ0v) is 50.6. The summed E-state index contributed by atoms with van der Waals surface area (Å²) in [6.45, 7) is 6.96. The molecule has 1 heterocycles. The molecule has 28 heteroatoms. The number of imide groups is 1. The molecule has 0 saturated heterocycles. The molecule has 0 spiro atoms. The van der Waals surface area contributed by atoms with Crippen molar-refractivity contribution < 1.29 is 91.2 Å². The van der Waals surface area contributed by atoms with E-state index in [1.54, 1.807) is 36.4 Å². The molecule has 4 aromatic rings. The summed E-state index contributed by atoms with van der Waals surface area (Å²) in [7, 11) is 0. The van der Waals surface area contributed by atoms with E-state index in [-0.39, 0.29) is 94.9 Å². The highest BCUT2D eigenvalue weighted by molar-refractivity contribution is 6.40. The first-order valence-electron chi connectivity index (χ1n) is 28.2. The lowest BCUT2D eigenvalue weighted by atomic mass is 10.0. The summed E-state index contributed by atoms with van der Waals surface area (Å²) < 4.78 is 49.5. The highest BCUT2D eigenvalue weighted by atomic mass is 35.5. The number of hydrogen-bond acceptors (Lipinski definition) is 18. The van der Waals surface area contributed by atoms with E-state index in [4.69, 9.17) is 77.4 Å². The number of ether oxygens (including phenoxy) is 9. The molecule has 478 valence electrons. The minimum absolute atomic E-state index is 0.00514. The third-order valence-electron chi connectivity index (χ3n) is 12.4. The number of aromatic hydroxyl groups is 1. The third-order valence-corrected chi connectivity index (χ3v) is 13.3. The molecule has 0 aromatic heterocycles. The molecule has 7 N–H and O–H groups in total. The molecule has 4 aromatic carbocycles. The number of carbonyl (C=O) groups is 8. The number of carboxylic acid groups (broad SMARTS) is 1. The van der Waals surface area contributed by atoms with Crippen LogP contribution in [-0.2, 0) is 74.8 Å². The predicted molar refractivity (Wildman–Crippen MR) is 322 cm³/mol. The first kappa shape index (κ1) is 71.5. The van der Waals surface area contributed by atoms with Crippen molar-refractivity contribution in [2.24, 2.45) is 0 Å². The molecule has 88 heavy (non-hydrogen) atoms. The summed E-state index contributed by atoms with van der Waals surface area (Å²) in [5, 5.41) is 32.9. The number of nitrogens with one attached hydrogen (secondary N) is 5. The van der Waals surface area contributed by atoms with Crippen molar-refractivity contribution >= 4 is 87.8 Å². The Balaban J connectivity index is 0.794. The fourth-order valence-corrected chi connectivity index (χ4v) is 8.74. The Kier molecular flexibility index (Phi) is 33.3. The molecule has 1 unspecified atom stereocenters. The number of hydrogen-bond donors (Lipinski definition) is 7. The van der Waals surface area contributed by atoms with E-state index >= 15 is 0 Å². The van der Waals surface area contributed by atoms with Gasteiger partial charge in [0.1, 0.15) is 17.5 Å². The molecule has 0 saturated carbocycles. The average molecular weight is 1290 g/mol. The minimum atomic E-state index is -1.36. The molecule has 1 atom stereocenters. The molecule has 0 bridgehead atoms. The van der Waals surface area contributed by atoms with E-state index in [2.05, 4.69) is 26.6 Å². The van der Waals surface area contributed by atoms with Crippen LogP contribution in [0.15, 0.2) is 91.0 Å². The summed E-state index contributed by atoms with van der Waals surface area (Å²) in [5.41, 5.74) is 1.66. The lowest BCUT2D eigenvalue weighted by molar-refractivity contribution is -0.139. The number of nitrogens with zero attached hydrogens (tertiary/aromatic N) is 1. The lowest BCUT2D eigenvalue weighted by Gasteiger charge is -2.16. The summed E-state index contributed by atoms with van der Waals surface area (Å²) in [5.74, 6) is -4.09. The van der Waals surface area contributed by atoms with Crippen LogP contribution >= 0.6 is 34.8 Å². The first-order chi connectivity index (χ1) is 42.6. The number of carbonyl (C=O) groups excluding carboxylic acids is 7. The second-order valence-electron chi connectivity index (χ2n) is 19.0. The summed E-state index contributed by atoms with van der Waals surface area (Å²) >= 11 is 19.3. The Morgan fingerprint density at radius 3 is 1.60 bits per heavy atom. The Labute approximate surface area is 523 Å². The van der Waals surface area contributed by atoms with Crippen LogP contribution in [0, 0.1) is 0 Å². The monoisotopic (exact) mass is 1290 g/mol. The standard InChI is InChI=1S/C60H73Cl3N6O19/c61-48-37-43(57(75)66-40-42-3-1-4-45(70)35-42)7-10-47(48)58(76)68-51(60(78)79)36-41-5-8-44(9-6-41)67-59(77)56-49(62)38-46(39-50(56)63)88-18-2-15-64-53(72)14-19-80-21-23-82-25-27-84-29-31-86-33-34-87-32-30-85-28-26-83-24-22-81-20-16-65-52(71)13-17-69-54(73)11-12-55(69)74/h1,3-12,35,37-39,51,70H,2,13-34,36,40H2,(H,64,72)(H,65,71)(H,66,75)(H,67,77)(H,68,76)(H,78,79). The van der Waals surface area contributed by atoms with Gasteiger partial charge in [-0.05, 0) is 72.1 Å². The van der Waals surface area contributed by atoms with Crippen LogP contribution in [0.25, 0.3) is 0 Å². The van der Waals surface area contributed by atoms with Crippen molar-refractivity contribution in [1.29, 1.82) is 0 Å². The lowest BCUT2D eigenvalue weighted by Crippen LogP contribution is -2.42. The van der Waals surface area contributed by atoms with Gasteiger partial charge in [0, 0.05) is 68.8 Å². The van der Waals surface area contributed by atoms with Gasteiger partial charge in [0.25, 0.3) is 29.5 Å². The van der Waals surface area contributed by atoms with E-state index in [1.165, 1.54) is 54.6 Å². The highest BCUT2D eigenvalue weighted by Gasteiger charge is 2.25. The molecule has 0 fully saturated rings. The maximum Gasteiger partial charge on any atom is 0.326 e. The van der Waals surface area contributed by atoms with Crippen molar-refractivity contribution in [3.63, 3.8) is 0 Å². The Morgan fingerprint density at radius 2 is 1.06 bits per heavy atom. The molecule has 1 aliphatic heterocycles. The number of anilines is 1. The molecular formula is C60H73Cl3N6O19. The van der Waals surface area contributed by atoms with E-state index in [0.717, 1.165) is 4.90 Å². The maximum absolute atomic E-state index is 13.3. The highest BCUT2D eigenvalue weighted by Crippen LogP contribution is 2.31. The SMILES string of the molecule is O=C(CCOCCOCCOCCOCCOCCOCCOCCOCCNC(=O)CCN1C(=O)C=CC1=O)NCCCOc1cc(Cl)c(C(=O)Nc2ccc(CC(NC(=O)c3ccc(C(=O)NCc4cccc(O)c4)cc3Cl)C(=O)O)cc2)c(Cl)c1. The van der Waals surface area contributed by atoms with Crippen LogP contribution in [0.3, 0.4) is 0 Å². The zero-order valence-electron chi connectivity index (χ0n) is 48.3. The van der Waals surface area contributed by atoms with E-state index < -0.39 is 41.5 Å². The Morgan fingerprint density at radius 1 is 0.523 bits per heavy atom. The van der Waals surface area contributed by atoms with Gasteiger partial charge in [-0.25, -0.2) is 4.79 Å². The van der Waals surface area contributed by atoms with E-state index in [1.807, 2.05) is 0 Å². The van der Waals surface area contributed by atoms with Crippen LogP contribution in [0.1, 0.15) is 61.5 Å². The molecule has 0 aliphatic carbocycles. The molecule has 25 nitrogen and oxygen atoms in total. The Bertz CT molecular complexity index is 2900. The number of benzene rings is 4. The smallest absolute Gasteiger partial charge is 0.326 e. The van der Waals surface area contributed by atoms with Crippen LogP contribution in [-0.4, -0.2) is 200 Å². The van der Waals surface area contributed by atoms with Crippen LogP contribution < -0.4 is 31.3 Å². The van der Waals surface area contributed by atoms with Gasteiger partial charge in [-0.3, -0.25) is 38.5 Å². The van der Waals surface area contributed by atoms with Gasteiger partial charge in [-0.2, -0.15) is 0 Å². The van der Waals surface area contributed by atoms with Crippen LogP contribution in [0.5, 0.6) is 11.5 Å². The van der Waals surface area contributed by atoms with Gasteiger partial charge < -0.3 is 79.4 Å². The number of aliphatic carboxylic acids is 1. The fourth-order valence-electron chi connectivity index (χ4n) is 7.83. The quantitative estimate of drug-likeness (QED) is 0.0231. The van der Waals surface area contributed by atoms with E-state index in [0.29, 0.717) is 141 Å². The fraction of sp³-hybridized carbons (Fsp3) is 0.433. The number of phenolic OH excluding ortho intramolecular Hbond substituents is 1. The normalized spacial score (nSPS) is 12.2. The number of halogens is 3. The second-order valence-corrected chi connectivity index (χ2v) is 20.2. The topological polar surface area (TPSA) is 323 Å². The maximum atomic E-state index is 13.3. The largest absolute Gasteiger partial charge is 0.508 e. The van der Waals surface area contributed by atoms with Gasteiger partial charge >= 0.3 is 5.97 Å². The van der Waals surface area contributed by atoms with Crippen molar-refractivity contribution in [2.45, 2.75) is 38.3 Å². The second kappa shape index (κ2) is 41.0. The molecule has 1 aliphatic rings. The van der Waals surface area contributed by atoms with Gasteiger partial charge in [-0.15, -0.1) is 0 Å². The number of amides is 7. The molecule has 0 radical (unpaired) electrons. The van der Waals surface area contributed by atoms with Gasteiger partial charge in [0.05, 0.1) is 139 Å². The van der Waals surface area contributed by atoms with Gasteiger partial charge in [0.15, 0.2) is 0 Å². The molecular weight excluding hydrogens is 1220 g/mol. The van der Waals surface area contributed by atoms with Crippen molar-refractivity contribution in [1.82, 2.24) is 26.2 Å². The van der Waals surface area contributed by atoms with Crippen molar-refractivity contribution in [3.8, 4) is 11.5 Å². The molecule has 7 amide bonds. The minimum Gasteiger partial charge on any atom is -0.508 e. The zero-order chi connectivity index (χ0) is 63.3. The van der Waals surface area contributed by atoms with Gasteiger partial charge in [-0.1, -0.05) is 59.1 Å². The van der Waals surface area contributed by atoms with Crippen molar-refractivity contribution in [3.05, 3.63) is 134 Å². The number of rotatable bonds is 45. The van der Waals surface area contributed by atoms with Crippen LogP contribution in [0.4, 0.5) is 5.69 Å². The number of phenols is 1. The van der Waals surface area contributed by atoms with Crippen LogP contribution in [0.2, 0.25) is 15.1 Å². The number of carboxylic acids is 1. The summed E-state index contributed by atoms with van der Waals surface area (Å²) in [4.78, 5) is 99.5. The predicted octanol–water partition coefficient (Wildman–Crippen LogP) is 4.80. The first-order valence-corrected chi connectivity index (χ1v) is 29.3.